The van der Waals surface area contributed by atoms with Gasteiger partial charge in [0.15, 0.2) is 0 Å². The molecule has 0 aliphatic heterocycles. The molecule has 2 amide bonds. The Kier molecular flexibility index (Phi) is 7.32. The Labute approximate surface area is 203 Å². The highest BCUT2D eigenvalue weighted by Gasteiger charge is 2.14. The number of hydrogen-bond donors (Lipinski definition) is 2. The third kappa shape index (κ3) is 5.80. The number of aryl methyl sites for hydroxylation is 1. The molecule has 0 radical (unpaired) electrons. The highest BCUT2D eigenvalue weighted by molar-refractivity contribution is 6.39. The predicted octanol–water partition coefficient (Wildman–Crippen LogP) is 4.20. The van der Waals surface area contributed by atoms with Gasteiger partial charge in [0.05, 0.1) is 19.0 Å². The van der Waals surface area contributed by atoms with Crippen LogP contribution >= 0.6 is 0 Å². The number of aromatic nitrogens is 2. The number of para-hydroxylation sites is 1. The van der Waals surface area contributed by atoms with E-state index in [9.17, 15) is 9.59 Å². The number of carbonyl (C=O) groups excluding carboxylic acids is 2. The lowest BCUT2D eigenvalue weighted by Crippen LogP contribution is -2.32. The van der Waals surface area contributed by atoms with Crippen molar-refractivity contribution in [2.24, 2.45) is 5.10 Å². The number of carbonyl (C=O) groups is 2. The van der Waals surface area contributed by atoms with Crippen molar-refractivity contribution < 1.29 is 14.3 Å². The number of rotatable bonds is 7. The van der Waals surface area contributed by atoms with E-state index < -0.39 is 11.8 Å². The minimum absolute atomic E-state index is 0.539. The third-order valence-corrected chi connectivity index (χ3v) is 5.32. The first-order valence-corrected chi connectivity index (χ1v) is 11.1. The molecule has 0 fully saturated rings. The summed E-state index contributed by atoms with van der Waals surface area (Å²) in [5.74, 6) is -0.946. The molecule has 2 N–H and O–H groups in total. The fourth-order valence-electron chi connectivity index (χ4n) is 3.39. The number of amides is 2. The summed E-state index contributed by atoms with van der Waals surface area (Å²) in [5.41, 5.74) is 7.01. The van der Waals surface area contributed by atoms with Crippen LogP contribution in [0.15, 0.2) is 90.2 Å². The lowest BCUT2D eigenvalue weighted by molar-refractivity contribution is -0.136. The number of nitrogens with one attached hydrogen (secondary N) is 2. The summed E-state index contributed by atoms with van der Waals surface area (Å²) in [7, 11) is 1.61. The molecule has 4 rings (SSSR count). The van der Waals surface area contributed by atoms with Crippen LogP contribution < -0.4 is 15.5 Å². The average molecular weight is 468 g/mol. The lowest BCUT2D eigenvalue weighted by Gasteiger charge is -2.05. The molecule has 0 unspecified atom stereocenters. The van der Waals surface area contributed by atoms with Gasteiger partial charge in [0, 0.05) is 23.0 Å². The molecule has 35 heavy (non-hydrogen) atoms. The van der Waals surface area contributed by atoms with Gasteiger partial charge >= 0.3 is 11.8 Å². The second kappa shape index (κ2) is 10.9. The Morgan fingerprint density at radius 1 is 0.971 bits per heavy atom. The summed E-state index contributed by atoms with van der Waals surface area (Å²) in [6.07, 6.45) is 4.16. The maximum absolute atomic E-state index is 12.2. The number of hydrazone groups is 1. The minimum atomic E-state index is -0.873. The number of ether oxygens (including phenoxy) is 1. The molecule has 8 nitrogen and oxygen atoms in total. The molecule has 0 spiro atoms. The highest BCUT2D eigenvalue weighted by atomic mass is 16.5. The summed E-state index contributed by atoms with van der Waals surface area (Å²) in [4.78, 5) is 24.5. The van der Waals surface area contributed by atoms with Gasteiger partial charge < -0.3 is 10.1 Å². The number of methoxy groups -OCH3 is 1. The van der Waals surface area contributed by atoms with Crippen molar-refractivity contribution in [2.75, 3.05) is 12.4 Å². The van der Waals surface area contributed by atoms with Crippen molar-refractivity contribution in [1.29, 1.82) is 0 Å². The van der Waals surface area contributed by atoms with E-state index in [2.05, 4.69) is 15.8 Å². The van der Waals surface area contributed by atoms with Crippen LogP contribution in [0.5, 0.6) is 5.75 Å². The number of hydrogen-bond acceptors (Lipinski definition) is 5. The first kappa shape index (κ1) is 23.4. The molecular weight excluding hydrogens is 442 g/mol. The van der Waals surface area contributed by atoms with Gasteiger partial charge in [-0.2, -0.15) is 10.2 Å². The monoisotopic (exact) mass is 467 g/mol. The van der Waals surface area contributed by atoms with E-state index in [0.29, 0.717) is 16.9 Å². The standard InChI is InChI=1S/C27H25N5O3/c1-3-19-9-13-22(14-10-19)29-26(33)27(34)30-28-17-21-18-32(23-7-5-4-6-8-23)31-25(21)20-11-15-24(35-2)16-12-20/h4-18H,3H2,1-2H3,(H,29,33)(H,30,34)/b28-17-. The van der Waals surface area contributed by atoms with E-state index in [4.69, 9.17) is 9.84 Å². The van der Waals surface area contributed by atoms with Crippen LogP contribution in [-0.2, 0) is 16.0 Å². The molecular formula is C27H25N5O3. The molecule has 3 aromatic carbocycles. The molecule has 0 bridgehead atoms. The molecule has 0 atom stereocenters. The Morgan fingerprint density at radius 3 is 2.34 bits per heavy atom. The van der Waals surface area contributed by atoms with Gasteiger partial charge in [0.1, 0.15) is 11.4 Å². The van der Waals surface area contributed by atoms with Crippen LogP contribution in [0.1, 0.15) is 18.1 Å². The minimum Gasteiger partial charge on any atom is -0.497 e. The van der Waals surface area contributed by atoms with Crippen LogP contribution in [0.4, 0.5) is 5.69 Å². The molecule has 1 aromatic heterocycles. The predicted molar refractivity (Wildman–Crippen MR) is 136 cm³/mol. The molecule has 8 heteroatoms. The van der Waals surface area contributed by atoms with Crippen LogP contribution in [0, 0.1) is 0 Å². The Hall–Kier alpha value is -4.72. The van der Waals surface area contributed by atoms with E-state index in [1.807, 2.05) is 73.7 Å². The van der Waals surface area contributed by atoms with Crippen molar-refractivity contribution in [3.05, 3.63) is 96.2 Å². The van der Waals surface area contributed by atoms with Crippen molar-refractivity contribution in [3.8, 4) is 22.7 Å². The van der Waals surface area contributed by atoms with Crippen molar-refractivity contribution in [3.63, 3.8) is 0 Å². The summed E-state index contributed by atoms with van der Waals surface area (Å²) < 4.78 is 6.97. The van der Waals surface area contributed by atoms with Crippen LogP contribution in [0.3, 0.4) is 0 Å². The molecule has 0 aliphatic carbocycles. The van der Waals surface area contributed by atoms with Gasteiger partial charge in [0.2, 0.25) is 0 Å². The first-order chi connectivity index (χ1) is 17.1. The number of anilines is 1. The summed E-state index contributed by atoms with van der Waals surface area (Å²) >= 11 is 0. The van der Waals surface area contributed by atoms with Crippen molar-refractivity contribution >= 4 is 23.7 Å². The number of nitrogens with zero attached hydrogens (tertiary/aromatic N) is 3. The second-order valence-electron chi connectivity index (χ2n) is 7.65. The summed E-state index contributed by atoms with van der Waals surface area (Å²) in [6, 6.07) is 24.4. The fraction of sp³-hybridized carbons (Fsp3) is 0.111. The molecule has 4 aromatic rings. The topological polar surface area (TPSA) is 97.6 Å². The van der Waals surface area contributed by atoms with Crippen LogP contribution in [-0.4, -0.2) is 34.9 Å². The van der Waals surface area contributed by atoms with E-state index in [-0.39, 0.29) is 0 Å². The zero-order valence-electron chi connectivity index (χ0n) is 19.4. The maximum Gasteiger partial charge on any atom is 0.329 e. The second-order valence-corrected chi connectivity index (χ2v) is 7.65. The van der Waals surface area contributed by atoms with Gasteiger partial charge in [0.25, 0.3) is 0 Å². The van der Waals surface area contributed by atoms with Crippen molar-refractivity contribution in [2.45, 2.75) is 13.3 Å². The van der Waals surface area contributed by atoms with E-state index in [1.54, 1.807) is 30.1 Å². The summed E-state index contributed by atoms with van der Waals surface area (Å²) in [5, 5.41) is 11.3. The summed E-state index contributed by atoms with van der Waals surface area (Å²) in [6.45, 7) is 2.04. The number of benzene rings is 3. The Morgan fingerprint density at radius 2 is 1.69 bits per heavy atom. The van der Waals surface area contributed by atoms with Gasteiger partial charge in [-0.15, -0.1) is 0 Å². The van der Waals surface area contributed by atoms with E-state index in [1.165, 1.54) is 6.21 Å². The molecule has 1 heterocycles. The molecule has 176 valence electrons. The smallest absolute Gasteiger partial charge is 0.329 e. The SMILES string of the molecule is CCc1ccc(NC(=O)C(=O)N/N=C\c2cn(-c3ccccc3)nc2-c2ccc(OC)cc2)cc1. The van der Waals surface area contributed by atoms with Crippen LogP contribution in [0.2, 0.25) is 0 Å². The van der Waals surface area contributed by atoms with E-state index in [0.717, 1.165) is 29.0 Å². The van der Waals surface area contributed by atoms with Gasteiger partial charge in [-0.3, -0.25) is 9.59 Å². The normalized spacial score (nSPS) is 10.8. The molecule has 0 saturated heterocycles. The molecule has 0 saturated carbocycles. The first-order valence-electron chi connectivity index (χ1n) is 11.1. The zero-order chi connectivity index (χ0) is 24.6. The third-order valence-electron chi connectivity index (χ3n) is 5.32. The average Bonchev–Trinajstić information content (AvgIpc) is 3.33. The van der Waals surface area contributed by atoms with Crippen molar-refractivity contribution in [1.82, 2.24) is 15.2 Å². The quantitative estimate of drug-likeness (QED) is 0.242. The van der Waals surface area contributed by atoms with Gasteiger partial charge in [-0.1, -0.05) is 37.3 Å². The lowest BCUT2D eigenvalue weighted by atomic mass is 10.1. The Bertz CT molecular complexity index is 1330. The fourth-order valence-corrected chi connectivity index (χ4v) is 3.39. The molecule has 0 aliphatic rings. The van der Waals surface area contributed by atoms with Gasteiger partial charge in [-0.05, 0) is 60.5 Å². The van der Waals surface area contributed by atoms with Gasteiger partial charge in [-0.25, -0.2) is 10.1 Å². The highest BCUT2D eigenvalue weighted by Crippen LogP contribution is 2.25. The largest absolute Gasteiger partial charge is 0.497 e. The van der Waals surface area contributed by atoms with E-state index >= 15 is 0 Å². The Balaban J connectivity index is 1.51. The maximum atomic E-state index is 12.2. The zero-order valence-corrected chi connectivity index (χ0v) is 19.4. The van der Waals surface area contributed by atoms with Crippen LogP contribution in [0.25, 0.3) is 16.9 Å².